The molecule has 0 aromatic heterocycles. The molecule has 0 radical (unpaired) electrons. The second kappa shape index (κ2) is 6.54. The van der Waals surface area contributed by atoms with Crippen LogP contribution in [0.4, 0.5) is 5.69 Å². The number of nitrogens with zero attached hydrogens (tertiary/aromatic N) is 1. The number of hydrogen-bond acceptors (Lipinski definition) is 4. The third-order valence-electron chi connectivity index (χ3n) is 2.34. The zero-order valence-electron chi connectivity index (χ0n) is 10.3. The maximum Gasteiger partial charge on any atom is 0.337 e. The van der Waals surface area contributed by atoms with Crippen molar-refractivity contribution in [1.29, 1.82) is 0 Å². The molecule has 18 heavy (non-hydrogen) atoms. The van der Waals surface area contributed by atoms with Crippen LogP contribution in [0.2, 0.25) is 0 Å². The van der Waals surface area contributed by atoms with E-state index in [1.807, 2.05) is 0 Å². The standard InChI is InChI=1S/C13H15NO4/c1-3-18-13(17)12(10(2)16)14(9-15)11-7-5-4-6-8-11/h4-9,12H,3H2,1-2H3. The Kier molecular flexibility index (Phi) is 5.05. The smallest absolute Gasteiger partial charge is 0.337 e. The quantitative estimate of drug-likeness (QED) is 0.431. The normalized spacial score (nSPS) is 11.4. The number of carbonyl (C=O) groups excluding carboxylic acids is 3. The van der Waals surface area contributed by atoms with Gasteiger partial charge in [-0.3, -0.25) is 14.5 Å². The first kappa shape index (κ1) is 13.9. The topological polar surface area (TPSA) is 63.7 Å². The van der Waals surface area contributed by atoms with Gasteiger partial charge in [0.1, 0.15) is 0 Å². The molecule has 0 N–H and O–H groups in total. The molecule has 0 fully saturated rings. The van der Waals surface area contributed by atoms with E-state index in [9.17, 15) is 14.4 Å². The van der Waals surface area contributed by atoms with Crippen molar-refractivity contribution in [2.45, 2.75) is 19.9 Å². The fourth-order valence-corrected chi connectivity index (χ4v) is 1.57. The van der Waals surface area contributed by atoms with Gasteiger partial charge in [0.2, 0.25) is 6.41 Å². The molecule has 1 unspecified atom stereocenters. The molecule has 1 rings (SSSR count). The number of anilines is 1. The number of Topliss-reactive ketones (excluding diaryl/α,β-unsaturated/α-hetero) is 1. The summed E-state index contributed by atoms with van der Waals surface area (Å²) in [6, 6.07) is 7.26. The van der Waals surface area contributed by atoms with Crippen LogP contribution < -0.4 is 4.90 Å². The first-order chi connectivity index (χ1) is 8.61. The van der Waals surface area contributed by atoms with Gasteiger partial charge in [0.05, 0.1) is 6.61 Å². The molecule has 5 nitrogen and oxygen atoms in total. The van der Waals surface area contributed by atoms with Crippen LogP contribution in [-0.4, -0.2) is 30.8 Å². The fourth-order valence-electron chi connectivity index (χ4n) is 1.57. The zero-order valence-corrected chi connectivity index (χ0v) is 10.3. The van der Waals surface area contributed by atoms with Gasteiger partial charge in [-0.15, -0.1) is 0 Å². The average Bonchev–Trinajstić information content (AvgIpc) is 2.36. The van der Waals surface area contributed by atoms with E-state index in [0.29, 0.717) is 12.1 Å². The van der Waals surface area contributed by atoms with Gasteiger partial charge < -0.3 is 4.74 Å². The van der Waals surface area contributed by atoms with E-state index >= 15 is 0 Å². The molecule has 5 heteroatoms. The predicted octanol–water partition coefficient (Wildman–Crippen LogP) is 1.17. The Morgan fingerprint density at radius 3 is 2.39 bits per heavy atom. The lowest BCUT2D eigenvalue weighted by Gasteiger charge is -2.24. The Balaban J connectivity index is 3.06. The first-order valence-corrected chi connectivity index (χ1v) is 5.57. The number of ether oxygens (including phenoxy) is 1. The number of carbonyl (C=O) groups is 3. The number of ketones is 1. The van der Waals surface area contributed by atoms with Crippen LogP contribution in [0.15, 0.2) is 30.3 Å². The molecule has 96 valence electrons. The summed E-state index contributed by atoms with van der Waals surface area (Å²) in [5.74, 6) is -1.16. The van der Waals surface area contributed by atoms with Gasteiger partial charge in [-0.1, -0.05) is 18.2 Å². The highest BCUT2D eigenvalue weighted by Gasteiger charge is 2.31. The highest BCUT2D eigenvalue weighted by molar-refractivity contribution is 6.08. The molecule has 0 saturated heterocycles. The molecular formula is C13H15NO4. The van der Waals surface area contributed by atoms with Crippen LogP contribution in [0.25, 0.3) is 0 Å². The van der Waals surface area contributed by atoms with Crippen molar-refractivity contribution in [3.05, 3.63) is 30.3 Å². The van der Waals surface area contributed by atoms with Crippen LogP contribution in [0.3, 0.4) is 0 Å². The van der Waals surface area contributed by atoms with Crippen molar-refractivity contribution in [3.63, 3.8) is 0 Å². The summed E-state index contributed by atoms with van der Waals surface area (Å²) >= 11 is 0. The summed E-state index contributed by atoms with van der Waals surface area (Å²) < 4.78 is 4.81. The van der Waals surface area contributed by atoms with Crippen LogP contribution >= 0.6 is 0 Å². The molecule has 1 atom stereocenters. The largest absolute Gasteiger partial charge is 0.464 e. The van der Waals surface area contributed by atoms with Crippen molar-refractivity contribution in [2.24, 2.45) is 0 Å². The first-order valence-electron chi connectivity index (χ1n) is 5.57. The molecule has 0 bridgehead atoms. The van der Waals surface area contributed by atoms with E-state index in [0.717, 1.165) is 4.90 Å². The van der Waals surface area contributed by atoms with Gasteiger partial charge in [-0.05, 0) is 26.0 Å². The molecule has 1 aromatic carbocycles. The third-order valence-corrected chi connectivity index (χ3v) is 2.34. The molecule has 0 spiro atoms. The Hall–Kier alpha value is -2.17. The maximum absolute atomic E-state index is 11.7. The predicted molar refractivity (Wildman–Crippen MR) is 66.1 cm³/mol. The van der Waals surface area contributed by atoms with E-state index in [1.54, 1.807) is 37.3 Å². The zero-order chi connectivity index (χ0) is 13.5. The Morgan fingerprint density at radius 1 is 1.33 bits per heavy atom. The molecule has 1 aromatic rings. The SMILES string of the molecule is CCOC(=O)C(C(C)=O)N(C=O)c1ccccc1. The van der Waals surface area contributed by atoms with Crippen molar-refractivity contribution in [3.8, 4) is 0 Å². The minimum absolute atomic E-state index is 0.157. The van der Waals surface area contributed by atoms with Crippen LogP contribution in [0, 0.1) is 0 Å². The summed E-state index contributed by atoms with van der Waals surface area (Å²) in [4.78, 5) is 35.4. The third kappa shape index (κ3) is 3.16. The van der Waals surface area contributed by atoms with Gasteiger partial charge in [0, 0.05) is 5.69 Å². The van der Waals surface area contributed by atoms with E-state index in [1.165, 1.54) is 6.92 Å². The minimum atomic E-state index is -1.23. The second-order valence-corrected chi connectivity index (χ2v) is 3.61. The fraction of sp³-hybridized carbons (Fsp3) is 0.308. The van der Waals surface area contributed by atoms with Crippen LogP contribution in [0.1, 0.15) is 13.8 Å². The molecule has 0 aliphatic rings. The minimum Gasteiger partial charge on any atom is -0.464 e. The van der Waals surface area contributed by atoms with E-state index in [2.05, 4.69) is 0 Å². The summed E-state index contributed by atoms with van der Waals surface area (Å²) in [6.45, 7) is 3.05. The average molecular weight is 249 g/mol. The molecule has 0 saturated carbocycles. The monoisotopic (exact) mass is 249 g/mol. The second-order valence-electron chi connectivity index (χ2n) is 3.61. The number of para-hydroxylation sites is 1. The Morgan fingerprint density at radius 2 is 1.94 bits per heavy atom. The maximum atomic E-state index is 11.7. The van der Waals surface area contributed by atoms with E-state index < -0.39 is 17.8 Å². The Bertz CT molecular complexity index is 430. The number of rotatable bonds is 6. The van der Waals surface area contributed by atoms with Gasteiger partial charge in [-0.2, -0.15) is 0 Å². The number of amides is 1. The molecule has 0 aliphatic heterocycles. The highest BCUT2D eigenvalue weighted by Crippen LogP contribution is 2.16. The van der Waals surface area contributed by atoms with Gasteiger partial charge >= 0.3 is 5.97 Å². The number of hydrogen-bond donors (Lipinski definition) is 0. The van der Waals surface area contributed by atoms with Gasteiger partial charge in [-0.25, -0.2) is 4.79 Å². The molecule has 0 aliphatic carbocycles. The van der Waals surface area contributed by atoms with Gasteiger partial charge in [0.15, 0.2) is 11.8 Å². The number of esters is 1. The molecule has 0 heterocycles. The van der Waals surface area contributed by atoms with Crippen molar-refractivity contribution < 1.29 is 19.1 Å². The van der Waals surface area contributed by atoms with Gasteiger partial charge in [0.25, 0.3) is 0 Å². The van der Waals surface area contributed by atoms with Crippen LogP contribution in [-0.2, 0) is 19.1 Å². The summed E-state index contributed by atoms with van der Waals surface area (Å²) in [5, 5.41) is 0. The van der Waals surface area contributed by atoms with E-state index in [-0.39, 0.29) is 6.61 Å². The summed E-state index contributed by atoms with van der Waals surface area (Å²) in [5.41, 5.74) is 0.473. The molecular weight excluding hydrogens is 234 g/mol. The number of benzene rings is 1. The summed E-state index contributed by atoms with van der Waals surface area (Å²) in [7, 11) is 0. The lowest BCUT2D eigenvalue weighted by atomic mass is 10.1. The van der Waals surface area contributed by atoms with Crippen molar-refractivity contribution in [2.75, 3.05) is 11.5 Å². The lowest BCUT2D eigenvalue weighted by Crippen LogP contribution is -2.46. The summed E-state index contributed by atoms with van der Waals surface area (Å²) in [6.07, 6.45) is 0.457. The molecule has 1 amide bonds. The van der Waals surface area contributed by atoms with Crippen LogP contribution in [0.5, 0.6) is 0 Å². The highest BCUT2D eigenvalue weighted by atomic mass is 16.5. The Labute approximate surface area is 105 Å². The van der Waals surface area contributed by atoms with Crippen molar-refractivity contribution in [1.82, 2.24) is 0 Å². The van der Waals surface area contributed by atoms with Crippen molar-refractivity contribution >= 4 is 23.9 Å². The van der Waals surface area contributed by atoms with E-state index in [4.69, 9.17) is 4.74 Å². The lowest BCUT2D eigenvalue weighted by molar-refractivity contribution is -0.147.